The SMILES string of the molecule is CCC1CC12CCc1sc(C)nc1C2O. The van der Waals surface area contributed by atoms with Gasteiger partial charge in [0.15, 0.2) is 0 Å². The molecule has 3 atom stereocenters. The van der Waals surface area contributed by atoms with Gasteiger partial charge in [-0.1, -0.05) is 13.3 Å². The number of aliphatic hydroxyl groups excluding tert-OH is 1. The van der Waals surface area contributed by atoms with Crippen molar-refractivity contribution >= 4 is 11.3 Å². The predicted octanol–water partition coefficient (Wildman–Crippen LogP) is 2.85. The molecule has 2 aliphatic carbocycles. The molecule has 2 aliphatic rings. The summed E-state index contributed by atoms with van der Waals surface area (Å²) >= 11 is 1.76. The van der Waals surface area contributed by atoms with E-state index in [1.54, 1.807) is 11.3 Å². The van der Waals surface area contributed by atoms with E-state index in [-0.39, 0.29) is 11.5 Å². The lowest BCUT2D eigenvalue weighted by atomic mass is 9.82. The van der Waals surface area contributed by atoms with E-state index >= 15 is 0 Å². The number of hydrogen-bond acceptors (Lipinski definition) is 3. The summed E-state index contributed by atoms with van der Waals surface area (Å²) in [5.74, 6) is 0.739. The van der Waals surface area contributed by atoms with Crippen LogP contribution in [0.15, 0.2) is 0 Å². The predicted molar refractivity (Wildman–Crippen MR) is 61.0 cm³/mol. The van der Waals surface area contributed by atoms with E-state index in [0.29, 0.717) is 0 Å². The van der Waals surface area contributed by atoms with Crippen LogP contribution in [-0.2, 0) is 6.42 Å². The molecular weight excluding hydrogens is 206 g/mol. The average molecular weight is 223 g/mol. The molecule has 2 nitrogen and oxygen atoms in total. The molecule has 1 N–H and O–H groups in total. The van der Waals surface area contributed by atoms with Crippen LogP contribution in [-0.4, -0.2) is 10.1 Å². The molecule has 3 rings (SSSR count). The smallest absolute Gasteiger partial charge is 0.103 e. The summed E-state index contributed by atoms with van der Waals surface area (Å²) < 4.78 is 0. The van der Waals surface area contributed by atoms with Crippen LogP contribution in [0.3, 0.4) is 0 Å². The maximum atomic E-state index is 10.4. The van der Waals surface area contributed by atoms with Gasteiger partial charge in [0.1, 0.15) is 6.10 Å². The molecule has 3 heteroatoms. The summed E-state index contributed by atoms with van der Waals surface area (Å²) in [6.45, 7) is 4.26. The van der Waals surface area contributed by atoms with Crippen molar-refractivity contribution in [1.29, 1.82) is 0 Å². The molecule has 1 aromatic heterocycles. The summed E-state index contributed by atoms with van der Waals surface area (Å²) in [6.07, 6.45) is 4.43. The van der Waals surface area contributed by atoms with Gasteiger partial charge in [-0.2, -0.15) is 0 Å². The van der Waals surface area contributed by atoms with Crippen LogP contribution in [0.1, 0.15) is 47.9 Å². The minimum absolute atomic E-state index is 0.211. The Morgan fingerprint density at radius 1 is 1.60 bits per heavy atom. The fourth-order valence-corrected chi connectivity index (χ4v) is 4.19. The number of rotatable bonds is 1. The number of aryl methyl sites for hydroxylation is 2. The van der Waals surface area contributed by atoms with Crippen LogP contribution < -0.4 is 0 Å². The van der Waals surface area contributed by atoms with Crippen molar-refractivity contribution in [3.63, 3.8) is 0 Å². The lowest BCUT2D eigenvalue weighted by Gasteiger charge is -2.28. The first kappa shape index (κ1) is 9.79. The third-order valence-corrected chi connectivity index (χ3v) is 5.27. The molecule has 0 amide bonds. The van der Waals surface area contributed by atoms with E-state index in [1.807, 2.05) is 6.92 Å². The molecule has 0 radical (unpaired) electrons. The molecule has 0 saturated heterocycles. The van der Waals surface area contributed by atoms with Gasteiger partial charge in [-0.25, -0.2) is 4.98 Å². The summed E-state index contributed by atoms with van der Waals surface area (Å²) in [7, 11) is 0. The Morgan fingerprint density at radius 2 is 2.40 bits per heavy atom. The van der Waals surface area contributed by atoms with Gasteiger partial charge in [0.2, 0.25) is 0 Å². The molecule has 0 bridgehead atoms. The van der Waals surface area contributed by atoms with E-state index in [2.05, 4.69) is 11.9 Å². The zero-order valence-corrected chi connectivity index (χ0v) is 10.1. The number of thiazole rings is 1. The Kier molecular flexibility index (Phi) is 1.99. The molecular formula is C12H17NOS. The number of aromatic nitrogens is 1. The topological polar surface area (TPSA) is 33.1 Å². The minimum Gasteiger partial charge on any atom is -0.386 e. The molecule has 15 heavy (non-hydrogen) atoms. The van der Waals surface area contributed by atoms with Crippen LogP contribution in [0.25, 0.3) is 0 Å². The van der Waals surface area contributed by atoms with Crippen LogP contribution in [0.5, 0.6) is 0 Å². The Bertz CT molecular complexity index is 400. The Balaban J connectivity index is 1.96. The second-order valence-corrected chi connectivity index (χ2v) is 6.27. The van der Waals surface area contributed by atoms with Crippen molar-refractivity contribution < 1.29 is 5.11 Å². The van der Waals surface area contributed by atoms with Crippen molar-refractivity contribution in [2.24, 2.45) is 11.3 Å². The normalized spacial score (nSPS) is 38.1. The first-order chi connectivity index (χ1) is 7.17. The lowest BCUT2D eigenvalue weighted by molar-refractivity contribution is 0.0636. The molecule has 3 unspecified atom stereocenters. The Hall–Kier alpha value is -0.410. The number of aliphatic hydroxyl groups is 1. The molecule has 1 saturated carbocycles. The molecule has 1 spiro atoms. The summed E-state index contributed by atoms with van der Waals surface area (Å²) in [6, 6.07) is 0. The number of nitrogens with zero attached hydrogens (tertiary/aromatic N) is 1. The largest absolute Gasteiger partial charge is 0.386 e. The van der Waals surface area contributed by atoms with Crippen LogP contribution in [0, 0.1) is 18.3 Å². The van der Waals surface area contributed by atoms with Gasteiger partial charge < -0.3 is 5.11 Å². The maximum Gasteiger partial charge on any atom is 0.103 e. The van der Waals surface area contributed by atoms with Gasteiger partial charge in [0, 0.05) is 10.3 Å². The van der Waals surface area contributed by atoms with Crippen molar-refractivity contribution in [1.82, 2.24) is 4.98 Å². The minimum atomic E-state index is -0.281. The van der Waals surface area contributed by atoms with Crippen molar-refractivity contribution in [2.45, 2.75) is 45.6 Å². The maximum absolute atomic E-state index is 10.4. The van der Waals surface area contributed by atoms with E-state index in [9.17, 15) is 5.11 Å². The molecule has 0 aliphatic heterocycles. The van der Waals surface area contributed by atoms with Gasteiger partial charge in [0.05, 0.1) is 10.7 Å². The van der Waals surface area contributed by atoms with Gasteiger partial charge in [0.25, 0.3) is 0 Å². The van der Waals surface area contributed by atoms with E-state index < -0.39 is 0 Å². The van der Waals surface area contributed by atoms with Crippen molar-refractivity contribution in [3.8, 4) is 0 Å². The third-order valence-electron chi connectivity index (χ3n) is 4.23. The highest BCUT2D eigenvalue weighted by atomic mass is 32.1. The highest BCUT2D eigenvalue weighted by Gasteiger charge is 2.59. The first-order valence-electron chi connectivity index (χ1n) is 5.81. The van der Waals surface area contributed by atoms with Gasteiger partial charge in [-0.15, -0.1) is 11.3 Å². The molecule has 82 valence electrons. The van der Waals surface area contributed by atoms with E-state index in [0.717, 1.165) is 23.0 Å². The first-order valence-corrected chi connectivity index (χ1v) is 6.63. The average Bonchev–Trinajstić information content (AvgIpc) is 2.81. The zero-order valence-electron chi connectivity index (χ0n) is 9.29. The second-order valence-electron chi connectivity index (χ2n) is 4.99. The van der Waals surface area contributed by atoms with Crippen LogP contribution >= 0.6 is 11.3 Å². The van der Waals surface area contributed by atoms with Gasteiger partial charge >= 0.3 is 0 Å². The third kappa shape index (κ3) is 1.23. The zero-order chi connectivity index (χ0) is 10.6. The number of fused-ring (bicyclic) bond motifs is 1. The van der Waals surface area contributed by atoms with Crippen LogP contribution in [0.2, 0.25) is 0 Å². The fourth-order valence-electron chi connectivity index (χ4n) is 3.23. The van der Waals surface area contributed by atoms with E-state index in [1.165, 1.54) is 24.1 Å². The lowest BCUT2D eigenvalue weighted by Crippen LogP contribution is -2.23. The number of hydrogen-bond donors (Lipinski definition) is 1. The quantitative estimate of drug-likeness (QED) is 0.794. The summed E-state index contributed by atoms with van der Waals surface area (Å²) in [5.41, 5.74) is 1.21. The van der Waals surface area contributed by atoms with Gasteiger partial charge in [-0.05, 0) is 32.1 Å². The standard InChI is InChI=1S/C12H17NOS/c1-3-8-6-12(8)5-4-9-10(11(12)14)13-7(2)15-9/h8,11,14H,3-6H2,1-2H3. The molecule has 1 aromatic rings. The summed E-state index contributed by atoms with van der Waals surface area (Å²) in [4.78, 5) is 5.83. The molecule has 1 heterocycles. The highest BCUT2D eigenvalue weighted by Crippen LogP contribution is 2.66. The molecule has 0 aromatic carbocycles. The second kappa shape index (κ2) is 3.05. The van der Waals surface area contributed by atoms with Crippen LogP contribution in [0.4, 0.5) is 0 Å². The monoisotopic (exact) mass is 223 g/mol. The summed E-state index contributed by atoms with van der Waals surface area (Å²) in [5, 5.41) is 11.5. The van der Waals surface area contributed by atoms with Crippen molar-refractivity contribution in [2.75, 3.05) is 0 Å². The Labute approximate surface area is 94.4 Å². The Morgan fingerprint density at radius 3 is 3.07 bits per heavy atom. The fraction of sp³-hybridized carbons (Fsp3) is 0.750. The van der Waals surface area contributed by atoms with Crippen molar-refractivity contribution in [3.05, 3.63) is 15.6 Å². The highest BCUT2D eigenvalue weighted by molar-refractivity contribution is 7.11. The van der Waals surface area contributed by atoms with E-state index in [4.69, 9.17) is 0 Å². The van der Waals surface area contributed by atoms with Gasteiger partial charge in [-0.3, -0.25) is 0 Å². The molecule has 1 fully saturated rings.